The lowest BCUT2D eigenvalue weighted by atomic mass is 9.99. The molecule has 1 amide bonds. The Labute approximate surface area is 182 Å². The number of benzene rings is 1. The van der Waals surface area contributed by atoms with Gasteiger partial charge in [-0.3, -0.25) is 5.41 Å². The third-order valence-corrected chi connectivity index (χ3v) is 4.87. The van der Waals surface area contributed by atoms with Gasteiger partial charge in [0.05, 0.1) is 18.8 Å². The Morgan fingerprint density at radius 1 is 1.23 bits per heavy atom. The van der Waals surface area contributed by atoms with Gasteiger partial charge in [-0.05, 0) is 46.6 Å². The van der Waals surface area contributed by atoms with Crippen molar-refractivity contribution in [2.75, 3.05) is 33.1 Å². The number of hydrogen-bond acceptors (Lipinski definition) is 8. The van der Waals surface area contributed by atoms with Gasteiger partial charge >= 0.3 is 12.1 Å². The minimum atomic E-state index is -0.736. The standard InChI is InChI=1S/C22H30N2O7/c1-5-27-20(25)19(23)15-9-17-18(30-13-29-17)10-16(15)28-12-14-7-6-8-24(11-14)21(26)31-22(2,3)4/h9-10,14,23H,5-8,11-13H2,1-4H3/t14-/m0/s1. The maximum absolute atomic E-state index is 12.4. The van der Waals surface area contributed by atoms with E-state index in [0.29, 0.717) is 36.9 Å². The Morgan fingerprint density at radius 2 is 1.94 bits per heavy atom. The van der Waals surface area contributed by atoms with Crippen molar-refractivity contribution in [2.45, 2.75) is 46.1 Å². The normalized spacial score (nSPS) is 17.8. The van der Waals surface area contributed by atoms with E-state index in [1.54, 1.807) is 24.0 Å². The second-order valence-electron chi connectivity index (χ2n) is 8.54. The van der Waals surface area contributed by atoms with Crippen LogP contribution < -0.4 is 14.2 Å². The topological polar surface area (TPSA) is 107 Å². The number of carbonyl (C=O) groups is 2. The molecule has 0 bridgehead atoms. The Morgan fingerprint density at radius 3 is 2.61 bits per heavy atom. The van der Waals surface area contributed by atoms with E-state index in [2.05, 4.69) is 0 Å². The van der Waals surface area contributed by atoms with Crippen LogP contribution in [-0.2, 0) is 14.3 Å². The van der Waals surface area contributed by atoms with Crippen molar-refractivity contribution in [3.05, 3.63) is 17.7 Å². The predicted octanol–water partition coefficient (Wildman–Crippen LogP) is 3.37. The average Bonchev–Trinajstić information content (AvgIpc) is 3.17. The maximum Gasteiger partial charge on any atom is 0.410 e. The number of amides is 1. The minimum absolute atomic E-state index is 0.0679. The van der Waals surface area contributed by atoms with Crippen LogP contribution in [0.15, 0.2) is 12.1 Å². The van der Waals surface area contributed by atoms with Crippen LogP contribution in [0.5, 0.6) is 17.2 Å². The Kier molecular flexibility index (Phi) is 6.92. The summed E-state index contributed by atoms with van der Waals surface area (Å²) in [6.07, 6.45) is 1.42. The quantitative estimate of drug-likeness (QED) is 0.540. The third kappa shape index (κ3) is 5.80. The number of fused-ring (bicyclic) bond motifs is 1. The van der Waals surface area contributed by atoms with Crippen molar-refractivity contribution < 1.29 is 33.3 Å². The molecular weight excluding hydrogens is 404 g/mol. The van der Waals surface area contributed by atoms with Crippen molar-refractivity contribution in [3.8, 4) is 17.2 Å². The molecule has 1 atom stereocenters. The third-order valence-electron chi connectivity index (χ3n) is 4.87. The smallest absolute Gasteiger partial charge is 0.410 e. The van der Waals surface area contributed by atoms with Crippen LogP contribution in [0, 0.1) is 11.3 Å². The Bertz CT molecular complexity index is 847. The van der Waals surface area contributed by atoms with E-state index in [-0.39, 0.29) is 36.7 Å². The lowest BCUT2D eigenvalue weighted by molar-refractivity contribution is -0.135. The fraction of sp³-hybridized carbons (Fsp3) is 0.591. The van der Waals surface area contributed by atoms with E-state index in [1.807, 2.05) is 20.8 Å². The highest BCUT2D eigenvalue weighted by Crippen LogP contribution is 2.39. The summed E-state index contributed by atoms with van der Waals surface area (Å²) in [7, 11) is 0. The SMILES string of the molecule is CCOC(=O)C(=N)c1cc2c(cc1OC[C@H]1CCCN(C(=O)OC(C)(C)C)C1)OCO2. The van der Waals surface area contributed by atoms with Crippen LogP contribution in [0.1, 0.15) is 46.1 Å². The van der Waals surface area contributed by atoms with Crippen LogP contribution in [-0.4, -0.2) is 61.4 Å². The van der Waals surface area contributed by atoms with Crippen molar-refractivity contribution >= 4 is 17.8 Å². The highest BCUT2D eigenvalue weighted by atomic mass is 16.7. The summed E-state index contributed by atoms with van der Waals surface area (Å²) < 4.78 is 27.2. The number of nitrogens with one attached hydrogen (secondary N) is 1. The zero-order valence-corrected chi connectivity index (χ0v) is 18.5. The highest BCUT2D eigenvalue weighted by Gasteiger charge is 2.29. The molecule has 2 heterocycles. The van der Waals surface area contributed by atoms with E-state index in [0.717, 1.165) is 12.8 Å². The van der Waals surface area contributed by atoms with E-state index < -0.39 is 11.6 Å². The molecule has 31 heavy (non-hydrogen) atoms. The first-order valence-electron chi connectivity index (χ1n) is 10.5. The number of likely N-dealkylation sites (tertiary alicyclic amines) is 1. The monoisotopic (exact) mass is 434 g/mol. The summed E-state index contributed by atoms with van der Waals surface area (Å²) in [6, 6.07) is 3.19. The molecule has 1 aromatic rings. The van der Waals surface area contributed by atoms with Crippen molar-refractivity contribution in [2.24, 2.45) is 5.92 Å². The van der Waals surface area contributed by atoms with E-state index in [4.69, 9.17) is 29.1 Å². The van der Waals surface area contributed by atoms with E-state index in [1.165, 1.54) is 0 Å². The number of esters is 1. The summed E-state index contributed by atoms with van der Waals surface area (Å²) in [6.45, 7) is 8.93. The number of nitrogens with zero attached hydrogens (tertiary/aromatic N) is 1. The number of piperidine rings is 1. The molecule has 9 nitrogen and oxygen atoms in total. The summed E-state index contributed by atoms with van der Waals surface area (Å²) in [5, 5.41) is 8.22. The second-order valence-corrected chi connectivity index (χ2v) is 8.54. The van der Waals surface area contributed by atoms with Gasteiger partial charge in [-0.1, -0.05) is 0 Å². The molecule has 1 aromatic carbocycles. The first kappa shape index (κ1) is 22.7. The average molecular weight is 434 g/mol. The molecular formula is C22H30N2O7. The molecule has 9 heteroatoms. The fourth-order valence-corrected chi connectivity index (χ4v) is 3.45. The molecule has 2 aliphatic rings. The molecule has 3 rings (SSSR count). The summed E-state index contributed by atoms with van der Waals surface area (Å²) in [4.78, 5) is 26.2. The van der Waals surface area contributed by atoms with Crippen LogP contribution in [0.2, 0.25) is 0 Å². The molecule has 2 aliphatic heterocycles. The zero-order chi connectivity index (χ0) is 22.6. The largest absolute Gasteiger partial charge is 0.492 e. The summed E-state index contributed by atoms with van der Waals surface area (Å²) in [5.74, 6) is 0.646. The second kappa shape index (κ2) is 9.45. The molecule has 0 spiro atoms. The lowest BCUT2D eigenvalue weighted by Crippen LogP contribution is -2.44. The molecule has 0 radical (unpaired) electrons. The molecule has 0 aliphatic carbocycles. The Balaban J connectivity index is 1.70. The number of hydrogen-bond donors (Lipinski definition) is 1. The van der Waals surface area contributed by atoms with Crippen LogP contribution in [0.3, 0.4) is 0 Å². The fourth-order valence-electron chi connectivity index (χ4n) is 3.45. The van der Waals surface area contributed by atoms with Crippen molar-refractivity contribution in [1.82, 2.24) is 4.90 Å². The van der Waals surface area contributed by atoms with Gasteiger partial charge in [-0.15, -0.1) is 0 Å². The van der Waals surface area contributed by atoms with Gasteiger partial charge in [0.2, 0.25) is 6.79 Å². The molecule has 170 valence electrons. The molecule has 1 saturated heterocycles. The van der Waals surface area contributed by atoms with Gasteiger partial charge < -0.3 is 28.6 Å². The molecule has 1 fully saturated rings. The van der Waals surface area contributed by atoms with Crippen LogP contribution >= 0.6 is 0 Å². The van der Waals surface area contributed by atoms with Crippen molar-refractivity contribution in [3.63, 3.8) is 0 Å². The number of ether oxygens (including phenoxy) is 5. The summed E-state index contributed by atoms with van der Waals surface area (Å²) >= 11 is 0. The number of carbonyl (C=O) groups excluding carboxylic acids is 2. The first-order chi connectivity index (χ1) is 14.7. The predicted molar refractivity (Wildman–Crippen MR) is 112 cm³/mol. The van der Waals surface area contributed by atoms with E-state index in [9.17, 15) is 9.59 Å². The number of rotatable bonds is 6. The van der Waals surface area contributed by atoms with Crippen molar-refractivity contribution in [1.29, 1.82) is 5.41 Å². The van der Waals surface area contributed by atoms with Gasteiger partial charge in [0.1, 0.15) is 11.4 Å². The Hall–Kier alpha value is -2.97. The lowest BCUT2D eigenvalue weighted by Gasteiger charge is -2.34. The maximum atomic E-state index is 12.4. The van der Waals surface area contributed by atoms with Gasteiger partial charge in [-0.2, -0.15) is 0 Å². The van der Waals surface area contributed by atoms with Gasteiger partial charge in [-0.25, -0.2) is 9.59 Å². The first-order valence-corrected chi connectivity index (χ1v) is 10.5. The van der Waals surface area contributed by atoms with Crippen LogP contribution in [0.4, 0.5) is 4.79 Å². The molecule has 0 unspecified atom stereocenters. The zero-order valence-electron chi connectivity index (χ0n) is 18.5. The minimum Gasteiger partial charge on any atom is -0.492 e. The molecule has 1 N–H and O–H groups in total. The molecule has 0 saturated carbocycles. The van der Waals surface area contributed by atoms with Gasteiger partial charge in [0.15, 0.2) is 17.2 Å². The van der Waals surface area contributed by atoms with E-state index >= 15 is 0 Å². The van der Waals surface area contributed by atoms with Crippen LogP contribution in [0.25, 0.3) is 0 Å². The van der Waals surface area contributed by atoms with Gasteiger partial charge in [0.25, 0.3) is 0 Å². The highest BCUT2D eigenvalue weighted by molar-refractivity contribution is 6.42. The van der Waals surface area contributed by atoms with Gasteiger partial charge in [0, 0.05) is 25.1 Å². The molecule has 0 aromatic heterocycles. The summed E-state index contributed by atoms with van der Waals surface area (Å²) in [5.41, 5.74) is -0.577.